The summed E-state index contributed by atoms with van der Waals surface area (Å²) in [5.41, 5.74) is 3.70. The molecule has 114 valence electrons. The number of guanidine groups is 1. The zero-order chi connectivity index (χ0) is 15.0. The molecule has 0 spiro atoms. The molecule has 0 radical (unpaired) electrons. The maximum Gasteiger partial charge on any atom is 0.206 e. The molecule has 1 unspecified atom stereocenters. The summed E-state index contributed by atoms with van der Waals surface area (Å²) < 4.78 is 10.8. The van der Waals surface area contributed by atoms with Crippen LogP contribution in [0.5, 0.6) is 0 Å². The van der Waals surface area contributed by atoms with Crippen LogP contribution < -0.4 is 16.6 Å². The molecule has 1 heterocycles. The van der Waals surface area contributed by atoms with Gasteiger partial charge in [0.1, 0.15) is 11.5 Å². The Morgan fingerprint density at radius 2 is 2.25 bits per heavy atom. The Kier molecular flexibility index (Phi) is 7.11. The first-order chi connectivity index (χ1) is 9.58. The first-order valence-electron chi connectivity index (χ1n) is 7.00. The third-order valence-electron chi connectivity index (χ3n) is 2.96. The number of nitrogens with two attached hydrogens (primary N) is 1. The van der Waals surface area contributed by atoms with E-state index < -0.39 is 0 Å². The lowest BCUT2D eigenvalue weighted by molar-refractivity contribution is 0.146. The molecule has 0 aliphatic rings. The Balaban J connectivity index is 2.50. The topological polar surface area (TPSA) is 84.8 Å². The molecule has 0 amide bonds. The predicted molar refractivity (Wildman–Crippen MR) is 80.5 cm³/mol. The van der Waals surface area contributed by atoms with E-state index in [9.17, 15) is 0 Å². The van der Waals surface area contributed by atoms with Crippen molar-refractivity contribution in [1.82, 2.24) is 10.7 Å². The second kappa shape index (κ2) is 8.60. The van der Waals surface area contributed by atoms with Crippen molar-refractivity contribution in [2.75, 3.05) is 19.8 Å². The van der Waals surface area contributed by atoms with E-state index in [1.807, 2.05) is 33.8 Å². The number of aliphatic imine (C=N–C) groups is 1. The SMILES string of the molecule is CCOCCCN=C(NN)NC(C)c1cc(C)oc1C. The van der Waals surface area contributed by atoms with Crippen molar-refractivity contribution < 1.29 is 9.15 Å². The van der Waals surface area contributed by atoms with E-state index in [1.54, 1.807) is 0 Å². The molecular weight excluding hydrogens is 256 g/mol. The average Bonchev–Trinajstić information content (AvgIpc) is 2.76. The third-order valence-corrected chi connectivity index (χ3v) is 2.96. The van der Waals surface area contributed by atoms with E-state index in [0.717, 1.165) is 30.1 Å². The summed E-state index contributed by atoms with van der Waals surface area (Å²) in [6.07, 6.45) is 0.874. The first kappa shape index (κ1) is 16.5. The minimum absolute atomic E-state index is 0.0779. The standard InChI is InChI=1S/C14H26N4O2/c1-5-19-8-6-7-16-14(18-15)17-11(3)13-9-10(2)20-12(13)4/h9,11H,5-8,15H2,1-4H3,(H2,16,17,18). The monoisotopic (exact) mass is 282 g/mol. The van der Waals surface area contributed by atoms with Gasteiger partial charge in [-0.25, -0.2) is 5.84 Å². The van der Waals surface area contributed by atoms with Crippen LogP contribution in [-0.2, 0) is 4.74 Å². The van der Waals surface area contributed by atoms with Crippen molar-refractivity contribution in [3.05, 3.63) is 23.2 Å². The molecule has 0 saturated heterocycles. The highest BCUT2D eigenvalue weighted by molar-refractivity contribution is 5.79. The summed E-state index contributed by atoms with van der Waals surface area (Å²) in [6.45, 7) is 10.0. The van der Waals surface area contributed by atoms with Crippen LogP contribution in [-0.4, -0.2) is 25.7 Å². The number of furan rings is 1. The van der Waals surface area contributed by atoms with Gasteiger partial charge >= 0.3 is 0 Å². The molecule has 1 atom stereocenters. The van der Waals surface area contributed by atoms with Gasteiger partial charge in [0.15, 0.2) is 0 Å². The second-order valence-electron chi connectivity index (χ2n) is 4.66. The maximum atomic E-state index is 5.53. The predicted octanol–water partition coefficient (Wildman–Crippen LogP) is 1.79. The van der Waals surface area contributed by atoms with Crippen LogP contribution in [0.2, 0.25) is 0 Å². The number of ether oxygens (including phenoxy) is 1. The Labute approximate surface area is 120 Å². The molecule has 1 rings (SSSR count). The number of hydrogen-bond acceptors (Lipinski definition) is 4. The lowest BCUT2D eigenvalue weighted by atomic mass is 10.1. The van der Waals surface area contributed by atoms with Gasteiger partial charge in [0, 0.05) is 25.3 Å². The van der Waals surface area contributed by atoms with Gasteiger partial charge in [0.05, 0.1) is 6.04 Å². The molecule has 20 heavy (non-hydrogen) atoms. The molecule has 0 aromatic carbocycles. The van der Waals surface area contributed by atoms with Crippen molar-refractivity contribution in [3.63, 3.8) is 0 Å². The average molecular weight is 282 g/mol. The number of aryl methyl sites for hydroxylation is 2. The molecule has 0 fully saturated rings. The third kappa shape index (κ3) is 5.22. The first-order valence-corrected chi connectivity index (χ1v) is 7.00. The van der Waals surface area contributed by atoms with Crippen LogP contribution in [0.4, 0.5) is 0 Å². The lowest BCUT2D eigenvalue weighted by Crippen LogP contribution is -2.42. The Hall–Kier alpha value is -1.53. The Morgan fingerprint density at radius 3 is 2.80 bits per heavy atom. The van der Waals surface area contributed by atoms with Crippen LogP contribution in [0.25, 0.3) is 0 Å². The van der Waals surface area contributed by atoms with Crippen molar-refractivity contribution in [3.8, 4) is 0 Å². The maximum absolute atomic E-state index is 5.53. The molecule has 4 N–H and O–H groups in total. The van der Waals surface area contributed by atoms with Crippen molar-refractivity contribution in [2.45, 2.75) is 40.2 Å². The molecule has 0 saturated carbocycles. The van der Waals surface area contributed by atoms with E-state index >= 15 is 0 Å². The fourth-order valence-corrected chi connectivity index (χ4v) is 2.00. The normalized spacial score (nSPS) is 13.3. The van der Waals surface area contributed by atoms with Crippen LogP contribution in [0.1, 0.15) is 43.4 Å². The largest absolute Gasteiger partial charge is 0.466 e. The van der Waals surface area contributed by atoms with Gasteiger partial charge in [0.2, 0.25) is 5.96 Å². The zero-order valence-electron chi connectivity index (χ0n) is 12.8. The lowest BCUT2D eigenvalue weighted by Gasteiger charge is -2.16. The molecule has 6 heteroatoms. The molecule has 0 aliphatic heterocycles. The summed E-state index contributed by atoms with van der Waals surface area (Å²) in [5, 5.41) is 3.24. The number of nitrogens with one attached hydrogen (secondary N) is 2. The summed E-state index contributed by atoms with van der Waals surface area (Å²) in [5.74, 6) is 7.88. The van der Waals surface area contributed by atoms with Crippen LogP contribution >= 0.6 is 0 Å². The van der Waals surface area contributed by atoms with Gasteiger partial charge < -0.3 is 14.5 Å². The summed E-state index contributed by atoms with van der Waals surface area (Å²) >= 11 is 0. The van der Waals surface area contributed by atoms with Crippen molar-refractivity contribution >= 4 is 5.96 Å². The molecule has 1 aromatic rings. The van der Waals surface area contributed by atoms with E-state index in [-0.39, 0.29) is 6.04 Å². The summed E-state index contributed by atoms with van der Waals surface area (Å²) in [4.78, 5) is 4.37. The van der Waals surface area contributed by atoms with Gasteiger partial charge in [-0.15, -0.1) is 0 Å². The van der Waals surface area contributed by atoms with Gasteiger partial charge in [0.25, 0.3) is 0 Å². The van der Waals surface area contributed by atoms with Gasteiger partial charge in [-0.1, -0.05) is 0 Å². The van der Waals surface area contributed by atoms with E-state index in [2.05, 4.69) is 15.7 Å². The van der Waals surface area contributed by atoms with Gasteiger partial charge in [-0.05, 0) is 40.2 Å². The van der Waals surface area contributed by atoms with Crippen LogP contribution in [0.15, 0.2) is 15.5 Å². The van der Waals surface area contributed by atoms with E-state index in [1.165, 1.54) is 0 Å². The fourth-order valence-electron chi connectivity index (χ4n) is 2.00. The number of hydrogen-bond donors (Lipinski definition) is 3. The number of hydrazine groups is 1. The van der Waals surface area contributed by atoms with E-state index in [0.29, 0.717) is 19.1 Å². The number of rotatable bonds is 7. The molecular formula is C14H26N4O2. The van der Waals surface area contributed by atoms with Crippen molar-refractivity contribution in [2.24, 2.45) is 10.8 Å². The van der Waals surface area contributed by atoms with Gasteiger partial charge in [-0.3, -0.25) is 10.4 Å². The fraction of sp³-hybridized carbons (Fsp3) is 0.643. The second-order valence-corrected chi connectivity index (χ2v) is 4.66. The summed E-state index contributed by atoms with van der Waals surface area (Å²) in [6, 6.07) is 2.10. The Bertz CT molecular complexity index is 429. The van der Waals surface area contributed by atoms with Crippen LogP contribution in [0.3, 0.4) is 0 Å². The van der Waals surface area contributed by atoms with Crippen LogP contribution in [0, 0.1) is 13.8 Å². The summed E-state index contributed by atoms with van der Waals surface area (Å²) in [7, 11) is 0. The molecule has 6 nitrogen and oxygen atoms in total. The quantitative estimate of drug-likeness (QED) is 0.233. The molecule has 0 bridgehead atoms. The minimum atomic E-state index is 0.0779. The smallest absolute Gasteiger partial charge is 0.206 e. The highest BCUT2D eigenvalue weighted by atomic mass is 16.5. The van der Waals surface area contributed by atoms with Gasteiger partial charge in [-0.2, -0.15) is 0 Å². The highest BCUT2D eigenvalue weighted by Crippen LogP contribution is 2.20. The zero-order valence-corrected chi connectivity index (χ0v) is 12.8. The highest BCUT2D eigenvalue weighted by Gasteiger charge is 2.13. The molecule has 1 aromatic heterocycles. The minimum Gasteiger partial charge on any atom is -0.466 e. The van der Waals surface area contributed by atoms with E-state index in [4.69, 9.17) is 15.0 Å². The number of nitrogens with zero attached hydrogens (tertiary/aromatic N) is 1. The van der Waals surface area contributed by atoms with Crippen molar-refractivity contribution in [1.29, 1.82) is 0 Å². The Morgan fingerprint density at radius 1 is 1.50 bits per heavy atom. The molecule has 0 aliphatic carbocycles.